The minimum atomic E-state index is -0.561. The molecule has 3 rings (SSSR count). The highest BCUT2D eigenvalue weighted by Gasteiger charge is 2.15. The first-order valence-electron chi connectivity index (χ1n) is 10.0. The average Bonchev–Trinajstić information content (AvgIpc) is 2.74. The van der Waals surface area contributed by atoms with Crippen LogP contribution >= 0.6 is 15.9 Å². The quantitative estimate of drug-likeness (QED) is 0.597. The molecule has 0 saturated carbocycles. The van der Waals surface area contributed by atoms with Gasteiger partial charge in [-0.2, -0.15) is 0 Å². The zero-order valence-electron chi connectivity index (χ0n) is 16.7. The smallest absolute Gasteiger partial charge is 0.251 e. The van der Waals surface area contributed by atoms with E-state index in [1.165, 1.54) is 12.1 Å². The molecule has 0 spiro atoms. The van der Waals surface area contributed by atoms with Crippen molar-refractivity contribution in [1.82, 2.24) is 15.1 Å². The van der Waals surface area contributed by atoms with Gasteiger partial charge < -0.3 is 19.9 Å². The first kappa shape index (κ1) is 21.7. The van der Waals surface area contributed by atoms with E-state index in [1.54, 1.807) is 18.2 Å². The van der Waals surface area contributed by atoms with Crippen LogP contribution in [0.1, 0.15) is 23.7 Å². The summed E-state index contributed by atoms with van der Waals surface area (Å²) in [6.07, 6.45) is 0.880. The zero-order chi connectivity index (χ0) is 20.6. The van der Waals surface area contributed by atoms with Gasteiger partial charge >= 0.3 is 0 Å². The number of rotatable bonds is 8. The third-order valence-electron chi connectivity index (χ3n) is 5.08. The van der Waals surface area contributed by atoms with Gasteiger partial charge in [-0.25, -0.2) is 4.39 Å². The molecule has 1 N–H and O–H groups in total. The molecule has 0 atom stereocenters. The van der Waals surface area contributed by atoms with E-state index in [1.807, 2.05) is 12.1 Å². The second kappa shape index (κ2) is 10.7. The minimum Gasteiger partial charge on any atom is -0.454 e. The Balaban J connectivity index is 1.43. The number of benzene rings is 2. The Morgan fingerprint density at radius 2 is 1.79 bits per heavy atom. The number of likely N-dealkylation sites (N-methyl/N-ethyl adjacent to an activating group) is 1. The van der Waals surface area contributed by atoms with E-state index >= 15 is 0 Å². The fourth-order valence-corrected chi connectivity index (χ4v) is 3.55. The van der Waals surface area contributed by atoms with Crippen molar-refractivity contribution in [2.45, 2.75) is 13.3 Å². The molecule has 0 aromatic heterocycles. The molecule has 2 aromatic rings. The predicted molar refractivity (Wildman–Crippen MR) is 116 cm³/mol. The largest absolute Gasteiger partial charge is 0.454 e. The van der Waals surface area contributed by atoms with Crippen molar-refractivity contribution in [1.29, 1.82) is 0 Å². The third-order valence-corrected chi connectivity index (χ3v) is 5.61. The van der Waals surface area contributed by atoms with Crippen LogP contribution < -0.4 is 10.1 Å². The minimum absolute atomic E-state index is 0.0927. The van der Waals surface area contributed by atoms with Crippen molar-refractivity contribution in [2.75, 3.05) is 45.8 Å². The second-order valence-electron chi connectivity index (χ2n) is 7.09. The van der Waals surface area contributed by atoms with Crippen molar-refractivity contribution < 1.29 is 13.9 Å². The maximum Gasteiger partial charge on any atom is 0.251 e. The summed E-state index contributed by atoms with van der Waals surface area (Å²) in [6.45, 7) is 9.20. The van der Waals surface area contributed by atoms with Crippen LogP contribution in [-0.4, -0.2) is 61.5 Å². The first-order valence-corrected chi connectivity index (χ1v) is 10.8. The standard InChI is InChI=1S/C22H27BrFN3O2/c1-2-26-12-14-27(15-13-26)11-3-10-25-22(28)17-4-9-21(20(24)16-17)29-19-7-5-18(23)6-8-19/h4-9,16H,2-3,10-15H2,1H3,(H,25,28). The molecular weight excluding hydrogens is 437 g/mol. The lowest BCUT2D eigenvalue weighted by atomic mass is 10.2. The maximum atomic E-state index is 14.3. The number of nitrogens with zero attached hydrogens (tertiary/aromatic N) is 2. The lowest BCUT2D eigenvalue weighted by Gasteiger charge is -2.33. The molecule has 5 nitrogen and oxygen atoms in total. The summed E-state index contributed by atoms with van der Waals surface area (Å²) in [7, 11) is 0. The molecule has 7 heteroatoms. The molecule has 0 radical (unpaired) electrons. The molecule has 0 unspecified atom stereocenters. The Hall–Kier alpha value is -1.96. The number of ether oxygens (including phenoxy) is 1. The van der Waals surface area contributed by atoms with Gasteiger partial charge in [-0.3, -0.25) is 4.79 Å². The molecule has 1 heterocycles. The molecule has 29 heavy (non-hydrogen) atoms. The van der Waals surface area contributed by atoms with Crippen LogP contribution in [0.15, 0.2) is 46.9 Å². The highest BCUT2D eigenvalue weighted by molar-refractivity contribution is 9.10. The van der Waals surface area contributed by atoms with Crippen molar-refractivity contribution in [3.8, 4) is 11.5 Å². The SMILES string of the molecule is CCN1CCN(CCCNC(=O)c2ccc(Oc3ccc(Br)cc3)c(F)c2)CC1. The molecule has 1 aliphatic rings. The molecule has 1 fully saturated rings. The summed E-state index contributed by atoms with van der Waals surface area (Å²) in [5.74, 6) is -0.205. The van der Waals surface area contributed by atoms with Crippen molar-refractivity contribution >= 4 is 21.8 Å². The van der Waals surface area contributed by atoms with Crippen LogP contribution in [-0.2, 0) is 0 Å². The van der Waals surface area contributed by atoms with Gasteiger partial charge in [0.05, 0.1) is 0 Å². The summed E-state index contributed by atoms with van der Waals surface area (Å²) in [4.78, 5) is 17.2. The lowest BCUT2D eigenvalue weighted by Crippen LogP contribution is -2.46. The molecular formula is C22H27BrFN3O2. The Kier molecular flexibility index (Phi) is 8.03. The highest BCUT2D eigenvalue weighted by Crippen LogP contribution is 2.26. The fraction of sp³-hybridized carbons (Fsp3) is 0.409. The summed E-state index contributed by atoms with van der Waals surface area (Å²) in [6, 6.07) is 11.4. The van der Waals surface area contributed by atoms with E-state index in [9.17, 15) is 9.18 Å². The van der Waals surface area contributed by atoms with Crippen LogP contribution in [0.3, 0.4) is 0 Å². The monoisotopic (exact) mass is 463 g/mol. The Morgan fingerprint density at radius 1 is 1.10 bits per heavy atom. The Bertz CT molecular complexity index is 808. The first-order chi connectivity index (χ1) is 14.0. The number of hydrogen-bond acceptors (Lipinski definition) is 4. The molecule has 1 amide bonds. The van der Waals surface area contributed by atoms with Gasteiger partial charge in [0.1, 0.15) is 5.75 Å². The van der Waals surface area contributed by atoms with Gasteiger partial charge in [-0.05, 0) is 62.0 Å². The van der Waals surface area contributed by atoms with Gasteiger partial charge in [0.25, 0.3) is 5.91 Å². The Morgan fingerprint density at radius 3 is 2.45 bits per heavy atom. The van der Waals surface area contributed by atoms with E-state index in [-0.39, 0.29) is 11.7 Å². The fourth-order valence-electron chi connectivity index (χ4n) is 3.29. The molecule has 1 saturated heterocycles. The number of hydrogen-bond donors (Lipinski definition) is 1. The van der Waals surface area contributed by atoms with Crippen molar-refractivity contribution in [2.24, 2.45) is 0 Å². The van der Waals surface area contributed by atoms with Crippen LogP contribution in [0.2, 0.25) is 0 Å². The van der Waals surface area contributed by atoms with Gasteiger partial charge in [0.2, 0.25) is 0 Å². The predicted octanol–water partition coefficient (Wildman–Crippen LogP) is 4.14. The molecule has 156 valence electrons. The summed E-state index contributed by atoms with van der Waals surface area (Å²) in [5.41, 5.74) is 0.294. The van der Waals surface area contributed by atoms with Gasteiger partial charge in [0.15, 0.2) is 11.6 Å². The lowest BCUT2D eigenvalue weighted by molar-refractivity contribution is 0.0947. The van der Waals surface area contributed by atoms with Crippen LogP contribution in [0.5, 0.6) is 11.5 Å². The number of halogens is 2. The molecule has 0 aliphatic carbocycles. The molecule has 1 aliphatic heterocycles. The van der Waals surface area contributed by atoms with Crippen molar-refractivity contribution in [3.63, 3.8) is 0 Å². The van der Waals surface area contributed by atoms with Gasteiger partial charge in [-0.1, -0.05) is 22.9 Å². The molecule has 2 aromatic carbocycles. The summed E-state index contributed by atoms with van der Waals surface area (Å²) in [5, 5.41) is 2.87. The number of nitrogens with one attached hydrogen (secondary N) is 1. The second-order valence-corrected chi connectivity index (χ2v) is 8.00. The van der Waals surface area contributed by atoms with Crippen LogP contribution in [0.25, 0.3) is 0 Å². The highest BCUT2D eigenvalue weighted by atomic mass is 79.9. The van der Waals surface area contributed by atoms with E-state index in [2.05, 4.69) is 38.0 Å². The zero-order valence-corrected chi connectivity index (χ0v) is 18.3. The number of piperazine rings is 1. The number of amides is 1. The van der Waals surface area contributed by atoms with E-state index in [0.717, 1.165) is 50.2 Å². The summed E-state index contributed by atoms with van der Waals surface area (Å²) >= 11 is 3.35. The molecule has 0 bridgehead atoms. The van der Waals surface area contributed by atoms with Crippen LogP contribution in [0.4, 0.5) is 4.39 Å². The van der Waals surface area contributed by atoms with Gasteiger partial charge in [0, 0.05) is 42.8 Å². The maximum absolute atomic E-state index is 14.3. The normalized spacial score (nSPS) is 15.3. The van der Waals surface area contributed by atoms with Crippen LogP contribution in [0, 0.1) is 5.82 Å². The Labute approximate surface area is 180 Å². The van der Waals surface area contributed by atoms with Gasteiger partial charge in [-0.15, -0.1) is 0 Å². The number of carbonyl (C=O) groups excluding carboxylic acids is 1. The number of carbonyl (C=O) groups is 1. The van der Waals surface area contributed by atoms with E-state index < -0.39 is 5.82 Å². The van der Waals surface area contributed by atoms with Crippen molar-refractivity contribution in [3.05, 3.63) is 58.3 Å². The average molecular weight is 464 g/mol. The third kappa shape index (κ3) is 6.52. The summed E-state index contributed by atoms with van der Waals surface area (Å²) < 4.78 is 20.8. The topological polar surface area (TPSA) is 44.8 Å². The van der Waals surface area contributed by atoms with E-state index in [0.29, 0.717) is 17.9 Å². The van der Waals surface area contributed by atoms with E-state index in [4.69, 9.17) is 4.74 Å².